The van der Waals surface area contributed by atoms with E-state index in [2.05, 4.69) is 5.32 Å². The van der Waals surface area contributed by atoms with Gasteiger partial charge >= 0.3 is 6.09 Å². The van der Waals surface area contributed by atoms with E-state index in [1.54, 1.807) is 4.90 Å². The number of Topliss-reactive ketones (excluding diaryl/α,β-unsaturated/α-hetero) is 1. The number of carbonyl (C=O) groups is 3. The first-order valence-corrected chi connectivity index (χ1v) is 11.5. The first-order valence-electron chi connectivity index (χ1n) is 11.5. The highest BCUT2D eigenvalue weighted by atomic mass is 16.5. The predicted octanol–water partition coefficient (Wildman–Crippen LogP) is 5.36. The second-order valence-electron chi connectivity index (χ2n) is 9.19. The summed E-state index contributed by atoms with van der Waals surface area (Å²) in [6.07, 6.45) is 0.298. The van der Waals surface area contributed by atoms with E-state index in [0.717, 1.165) is 5.56 Å². The van der Waals surface area contributed by atoms with Crippen LogP contribution in [0.25, 0.3) is 0 Å². The predicted molar refractivity (Wildman–Crippen MR) is 131 cm³/mol. The molecule has 0 aliphatic carbocycles. The van der Waals surface area contributed by atoms with Gasteiger partial charge in [0.25, 0.3) is 0 Å². The zero-order valence-electron chi connectivity index (χ0n) is 20.3. The van der Waals surface area contributed by atoms with Crippen molar-refractivity contribution in [2.24, 2.45) is 11.8 Å². The molecular formula is C27H36N2O4. The summed E-state index contributed by atoms with van der Waals surface area (Å²) in [7, 11) is 0. The smallest absolute Gasteiger partial charge is 0.408 e. The summed E-state index contributed by atoms with van der Waals surface area (Å²) >= 11 is 0. The van der Waals surface area contributed by atoms with Crippen LogP contribution < -0.4 is 10.2 Å². The third-order valence-corrected chi connectivity index (χ3v) is 5.26. The van der Waals surface area contributed by atoms with E-state index in [0.29, 0.717) is 18.5 Å². The number of alkyl carbamates (subject to hydrolysis) is 1. The number of carbonyl (C=O) groups excluding carboxylic acids is 3. The molecule has 0 unspecified atom stereocenters. The number of nitrogens with zero attached hydrogens (tertiary/aromatic N) is 1. The van der Waals surface area contributed by atoms with Crippen LogP contribution in [0.2, 0.25) is 0 Å². The molecule has 178 valence electrons. The van der Waals surface area contributed by atoms with Gasteiger partial charge in [-0.15, -0.1) is 0 Å². The highest BCUT2D eigenvalue weighted by Crippen LogP contribution is 2.24. The minimum Gasteiger partial charge on any atom is -0.445 e. The molecule has 2 amide bonds. The van der Waals surface area contributed by atoms with Crippen molar-refractivity contribution in [1.82, 2.24) is 5.32 Å². The summed E-state index contributed by atoms with van der Waals surface area (Å²) in [6.45, 7) is 9.64. The molecule has 0 aliphatic heterocycles. The number of rotatable bonds is 11. The Balaban J connectivity index is 2.28. The molecule has 6 heteroatoms. The second kappa shape index (κ2) is 12.8. The van der Waals surface area contributed by atoms with Crippen molar-refractivity contribution in [2.45, 2.75) is 66.2 Å². The molecule has 0 saturated carbocycles. The zero-order valence-corrected chi connectivity index (χ0v) is 20.3. The Morgan fingerprint density at radius 3 is 1.91 bits per heavy atom. The number of nitrogens with one attached hydrogen (secondary N) is 1. The van der Waals surface area contributed by atoms with Crippen molar-refractivity contribution in [3.05, 3.63) is 66.2 Å². The Kier molecular flexibility index (Phi) is 10.1. The van der Waals surface area contributed by atoms with Crippen LogP contribution in [0.1, 0.15) is 53.0 Å². The van der Waals surface area contributed by atoms with Gasteiger partial charge < -0.3 is 15.0 Å². The molecule has 0 bridgehead atoms. The fourth-order valence-electron chi connectivity index (χ4n) is 3.72. The molecule has 2 aromatic carbocycles. The van der Waals surface area contributed by atoms with E-state index in [1.807, 2.05) is 88.4 Å². The van der Waals surface area contributed by atoms with E-state index in [4.69, 9.17) is 4.74 Å². The van der Waals surface area contributed by atoms with Gasteiger partial charge in [-0.1, -0.05) is 76.2 Å². The monoisotopic (exact) mass is 452 g/mol. The fraction of sp³-hybridized carbons (Fsp3) is 0.444. The average Bonchev–Trinajstić information content (AvgIpc) is 2.77. The molecule has 6 nitrogen and oxygen atoms in total. The van der Waals surface area contributed by atoms with Gasteiger partial charge in [0.1, 0.15) is 12.6 Å². The standard InChI is InChI=1S/C27H36N2O4/c1-19(2)16-24(28-27(32)33-18-22-12-8-6-9-13-22)26(31)29(23-14-10-7-11-15-23)25(21(5)30)17-20(3)4/h6-15,19-20,24-25H,16-18H2,1-5H3,(H,28,32)/t24-,25-/m0/s1. The number of benzene rings is 2. The molecule has 33 heavy (non-hydrogen) atoms. The second-order valence-corrected chi connectivity index (χ2v) is 9.19. The third-order valence-electron chi connectivity index (χ3n) is 5.26. The summed E-state index contributed by atoms with van der Waals surface area (Å²) in [5.41, 5.74) is 1.50. The molecular weight excluding hydrogens is 416 g/mol. The summed E-state index contributed by atoms with van der Waals surface area (Å²) in [5, 5.41) is 2.75. The minimum atomic E-state index is -0.817. The van der Waals surface area contributed by atoms with Crippen LogP contribution in [0.4, 0.5) is 10.5 Å². The largest absolute Gasteiger partial charge is 0.445 e. The molecule has 0 saturated heterocycles. The maximum atomic E-state index is 13.8. The number of hydrogen-bond acceptors (Lipinski definition) is 4. The van der Waals surface area contributed by atoms with Crippen molar-refractivity contribution < 1.29 is 19.1 Å². The first-order chi connectivity index (χ1) is 15.7. The van der Waals surface area contributed by atoms with Crippen LogP contribution in [0.5, 0.6) is 0 Å². The highest BCUT2D eigenvalue weighted by Gasteiger charge is 2.35. The maximum absolute atomic E-state index is 13.8. The molecule has 0 aliphatic rings. The Bertz CT molecular complexity index is 897. The van der Waals surface area contributed by atoms with E-state index in [1.165, 1.54) is 6.92 Å². The Labute approximate surface area is 197 Å². The molecule has 2 rings (SSSR count). The molecule has 1 N–H and O–H groups in total. The quantitative estimate of drug-likeness (QED) is 0.498. The first kappa shape index (κ1) is 26.1. The van der Waals surface area contributed by atoms with Gasteiger partial charge in [-0.3, -0.25) is 9.59 Å². The third kappa shape index (κ3) is 8.37. The van der Waals surface area contributed by atoms with Gasteiger partial charge in [-0.25, -0.2) is 4.79 Å². The highest BCUT2D eigenvalue weighted by molar-refractivity contribution is 6.04. The SMILES string of the molecule is CC(=O)[C@H](CC(C)C)N(C(=O)[C@H](CC(C)C)NC(=O)OCc1ccccc1)c1ccccc1. The topological polar surface area (TPSA) is 75.7 Å². The average molecular weight is 453 g/mol. The van der Waals surface area contributed by atoms with Crippen LogP contribution in [0.3, 0.4) is 0 Å². The van der Waals surface area contributed by atoms with Gasteiger partial charge in [-0.05, 0) is 49.3 Å². The molecule has 0 fully saturated rings. The van der Waals surface area contributed by atoms with E-state index >= 15 is 0 Å². The number of anilines is 1. The van der Waals surface area contributed by atoms with Crippen LogP contribution in [-0.4, -0.2) is 29.9 Å². The van der Waals surface area contributed by atoms with Gasteiger partial charge in [0.15, 0.2) is 5.78 Å². The fourth-order valence-corrected chi connectivity index (χ4v) is 3.72. The van der Waals surface area contributed by atoms with Gasteiger partial charge in [0, 0.05) is 5.69 Å². The van der Waals surface area contributed by atoms with Crippen LogP contribution in [0, 0.1) is 11.8 Å². The number of amides is 2. The lowest BCUT2D eigenvalue weighted by molar-refractivity contribution is -0.125. The van der Waals surface area contributed by atoms with Crippen molar-refractivity contribution in [3.63, 3.8) is 0 Å². The molecule has 0 heterocycles. The summed E-state index contributed by atoms with van der Waals surface area (Å²) in [6, 6.07) is 17.1. The minimum absolute atomic E-state index is 0.0872. The maximum Gasteiger partial charge on any atom is 0.408 e. The van der Waals surface area contributed by atoms with Gasteiger partial charge in [-0.2, -0.15) is 0 Å². The lowest BCUT2D eigenvalue weighted by atomic mass is 9.96. The van der Waals surface area contributed by atoms with E-state index in [-0.39, 0.29) is 30.1 Å². The normalized spacial score (nSPS) is 12.8. The number of hydrogen-bond donors (Lipinski definition) is 1. The molecule has 2 aromatic rings. The van der Waals surface area contributed by atoms with Crippen molar-refractivity contribution in [1.29, 1.82) is 0 Å². The molecule has 2 atom stereocenters. The number of para-hydroxylation sites is 1. The summed E-state index contributed by atoms with van der Waals surface area (Å²) < 4.78 is 5.36. The Hall–Kier alpha value is -3.15. The van der Waals surface area contributed by atoms with Gasteiger partial charge in [0.2, 0.25) is 5.91 Å². The number of ketones is 1. The molecule has 0 spiro atoms. The van der Waals surface area contributed by atoms with Crippen LogP contribution in [-0.2, 0) is 20.9 Å². The lowest BCUT2D eigenvalue weighted by Gasteiger charge is -2.34. The van der Waals surface area contributed by atoms with Crippen LogP contribution in [0.15, 0.2) is 60.7 Å². The van der Waals surface area contributed by atoms with Crippen molar-refractivity contribution >= 4 is 23.5 Å². The Morgan fingerprint density at radius 1 is 0.848 bits per heavy atom. The molecule has 0 radical (unpaired) electrons. The Morgan fingerprint density at radius 2 is 1.39 bits per heavy atom. The van der Waals surface area contributed by atoms with E-state index < -0.39 is 18.2 Å². The lowest BCUT2D eigenvalue weighted by Crippen LogP contribution is -2.54. The summed E-state index contributed by atoms with van der Waals surface area (Å²) in [4.78, 5) is 40.6. The van der Waals surface area contributed by atoms with Gasteiger partial charge in [0.05, 0.1) is 6.04 Å². The number of ether oxygens (including phenoxy) is 1. The van der Waals surface area contributed by atoms with Crippen molar-refractivity contribution in [3.8, 4) is 0 Å². The van der Waals surface area contributed by atoms with Crippen molar-refractivity contribution in [2.75, 3.05) is 4.90 Å². The summed E-state index contributed by atoms with van der Waals surface area (Å²) in [5.74, 6) is -0.0413. The van der Waals surface area contributed by atoms with E-state index in [9.17, 15) is 14.4 Å². The zero-order chi connectivity index (χ0) is 24.4. The molecule has 0 aromatic heterocycles. The van der Waals surface area contributed by atoms with Crippen LogP contribution >= 0.6 is 0 Å².